The van der Waals surface area contributed by atoms with E-state index in [2.05, 4.69) is 32.4 Å². The highest BCUT2D eigenvalue weighted by Crippen LogP contribution is 2.38. The van der Waals surface area contributed by atoms with Gasteiger partial charge in [-0.3, -0.25) is 9.89 Å². The average molecular weight is 311 g/mol. The largest absolute Gasteiger partial charge is 0.373 e. The summed E-state index contributed by atoms with van der Waals surface area (Å²) < 4.78 is 0. The molecule has 1 fully saturated rings. The van der Waals surface area contributed by atoms with Crippen molar-refractivity contribution in [1.82, 2.24) is 20.5 Å². The predicted octanol–water partition coefficient (Wildman–Crippen LogP) is 2.06. The summed E-state index contributed by atoms with van der Waals surface area (Å²) in [4.78, 5) is 19.0. The number of likely N-dealkylation sites (N-methyl/N-ethyl adjacent to an activating group) is 1. The fraction of sp³-hybridized carbons (Fsp3) is 0.471. The number of hydrogen-bond acceptors (Lipinski definition) is 4. The van der Waals surface area contributed by atoms with Crippen molar-refractivity contribution in [2.75, 3.05) is 18.5 Å². The van der Waals surface area contributed by atoms with Gasteiger partial charge in [-0.25, -0.2) is 4.98 Å². The molecular formula is C17H21N5O. The average Bonchev–Trinajstić information content (AvgIpc) is 3.28. The third-order valence-electron chi connectivity index (χ3n) is 4.99. The molecule has 0 saturated heterocycles. The summed E-state index contributed by atoms with van der Waals surface area (Å²) in [6.07, 6.45) is 6.16. The molecule has 23 heavy (non-hydrogen) atoms. The van der Waals surface area contributed by atoms with Crippen molar-refractivity contribution >= 4 is 11.6 Å². The number of rotatable bonds is 3. The van der Waals surface area contributed by atoms with E-state index in [0.717, 1.165) is 42.0 Å². The van der Waals surface area contributed by atoms with Crippen molar-refractivity contribution in [3.8, 4) is 0 Å². The van der Waals surface area contributed by atoms with Gasteiger partial charge in [0.1, 0.15) is 12.2 Å². The fourth-order valence-corrected chi connectivity index (χ4v) is 3.75. The second kappa shape index (κ2) is 5.68. The lowest BCUT2D eigenvalue weighted by Crippen LogP contribution is -2.32. The molecule has 4 rings (SSSR count). The second-order valence-electron chi connectivity index (χ2n) is 6.53. The molecule has 2 heterocycles. The number of amides is 1. The summed E-state index contributed by atoms with van der Waals surface area (Å²) in [5.41, 5.74) is 3.03. The molecule has 0 bridgehead atoms. The van der Waals surface area contributed by atoms with Crippen LogP contribution in [0.5, 0.6) is 0 Å². The second-order valence-corrected chi connectivity index (χ2v) is 6.53. The standard InChI is InChI=1S/C17H21N5O/c1-22-9-14(16-18-10-19-21-16)13-8-11(6-7-15(13)22)17(23)20-12-4-2-3-5-12/h6-8,10,12,14H,2-5,9H2,1H3,(H,20,23)(H,18,19,21). The lowest BCUT2D eigenvalue weighted by molar-refractivity contribution is 0.0938. The molecule has 1 aliphatic carbocycles. The van der Waals surface area contributed by atoms with Crippen molar-refractivity contribution in [2.45, 2.75) is 37.6 Å². The Hall–Kier alpha value is -2.37. The van der Waals surface area contributed by atoms with Crippen molar-refractivity contribution in [3.05, 3.63) is 41.5 Å². The number of carbonyl (C=O) groups excluding carboxylic acids is 1. The number of nitrogens with zero attached hydrogens (tertiary/aromatic N) is 3. The molecule has 120 valence electrons. The first-order chi connectivity index (χ1) is 11.2. The summed E-state index contributed by atoms with van der Waals surface area (Å²) in [5, 5.41) is 10.1. The number of benzene rings is 1. The van der Waals surface area contributed by atoms with Crippen LogP contribution in [-0.2, 0) is 0 Å². The van der Waals surface area contributed by atoms with Crippen LogP contribution in [0.2, 0.25) is 0 Å². The molecule has 0 radical (unpaired) electrons. The normalized spacial score (nSPS) is 20.7. The number of aromatic amines is 1. The first kappa shape index (κ1) is 14.2. The lowest BCUT2D eigenvalue weighted by atomic mass is 9.98. The number of H-pyrrole nitrogens is 1. The monoisotopic (exact) mass is 311 g/mol. The molecule has 1 atom stereocenters. The third kappa shape index (κ3) is 2.58. The minimum atomic E-state index is 0.0329. The van der Waals surface area contributed by atoms with Crippen molar-refractivity contribution in [1.29, 1.82) is 0 Å². The molecule has 1 aromatic carbocycles. The van der Waals surface area contributed by atoms with Gasteiger partial charge in [-0.2, -0.15) is 5.10 Å². The molecule has 0 spiro atoms. The van der Waals surface area contributed by atoms with E-state index < -0.39 is 0 Å². The molecule has 1 aliphatic heterocycles. The molecule has 1 unspecified atom stereocenters. The maximum atomic E-state index is 12.5. The zero-order chi connectivity index (χ0) is 15.8. The van der Waals surface area contributed by atoms with Crippen LogP contribution in [0.25, 0.3) is 0 Å². The Morgan fingerprint density at radius 3 is 2.91 bits per heavy atom. The Kier molecular flexibility index (Phi) is 3.52. The molecule has 1 saturated carbocycles. The Morgan fingerprint density at radius 1 is 1.35 bits per heavy atom. The smallest absolute Gasteiger partial charge is 0.251 e. The maximum Gasteiger partial charge on any atom is 0.251 e. The van der Waals surface area contributed by atoms with Crippen LogP contribution in [-0.4, -0.2) is 40.7 Å². The number of fused-ring (bicyclic) bond motifs is 1. The number of carbonyl (C=O) groups is 1. The van der Waals surface area contributed by atoms with Gasteiger partial charge in [-0.1, -0.05) is 12.8 Å². The number of nitrogens with one attached hydrogen (secondary N) is 2. The molecule has 1 aromatic heterocycles. The summed E-state index contributed by atoms with van der Waals surface area (Å²) in [7, 11) is 2.06. The maximum absolute atomic E-state index is 12.5. The first-order valence-electron chi connectivity index (χ1n) is 8.23. The van der Waals surface area contributed by atoms with Gasteiger partial charge in [-0.05, 0) is 36.6 Å². The molecule has 1 amide bonds. The Bertz CT molecular complexity index is 706. The van der Waals surface area contributed by atoms with Crippen molar-refractivity contribution < 1.29 is 4.79 Å². The highest BCUT2D eigenvalue weighted by Gasteiger charge is 2.30. The summed E-state index contributed by atoms with van der Waals surface area (Å²) in [5.74, 6) is 1.02. The van der Waals surface area contributed by atoms with Crippen molar-refractivity contribution in [2.24, 2.45) is 0 Å². The minimum absolute atomic E-state index is 0.0329. The van der Waals surface area contributed by atoms with Gasteiger partial charge in [0.25, 0.3) is 5.91 Å². The van der Waals surface area contributed by atoms with E-state index in [0.29, 0.717) is 6.04 Å². The minimum Gasteiger partial charge on any atom is -0.373 e. The zero-order valence-corrected chi connectivity index (χ0v) is 13.2. The zero-order valence-electron chi connectivity index (χ0n) is 13.2. The highest BCUT2D eigenvalue weighted by molar-refractivity contribution is 5.95. The van der Waals surface area contributed by atoms with Crippen LogP contribution in [0.4, 0.5) is 5.69 Å². The van der Waals surface area contributed by atoms with E-state index in [9.17, 15) is 4.79 Å². The van der Waals surface area contributed by atoms with Gasteiger partial charge in [0.05, 0.1) is 5.92 Å². The van der Waals surface area contributed by atoms with Crippen LogP contribution in [0.15, 0.2) is 24.5 Å². The third-order valence-corrected chi connectivity index (χ3v) is 4.99. The number of hydrogen-bond donors (Lipinski definition) is 2. The van der Waals surface area contributed by atoms with Gasteiger partial charge in [0.15, 0.2) is 0 Å². The van der Waals surface area contributed by atoms with E-state index in [1.165, 1.54) is 19.2 Å². The molecule has 2 aliphatic rings. The highest BCUT2D eigenvalue weighted by atomic mass is 16.1. The van der Waals surface area contributed by atoms with Crippen LogP contribution >= 0.6 is 0 Å². The molecule has 2 N–H and O–H groups in total. The Labute approximate surface area is 135 Å². The Morgan fingerprint density at radius 2 is 2.17 bits per heavy atom. The van der Waals surface area contributed by atoms with Crippen LogP contribution in [0.3, 0.4) is 0 Å². The van der Waals surface area contributed by atoms with Gasteiger partial charge >= 0.3 is 0 Å². The van der Waals surface area contributed by atoms with Crippen LogP contribution in [0, 0.1) is 0 Å². The number of aromatic nitrogens is 3. The summed E-state index contributed by atoms with van der Waals surface area (Å²) in [6, 6.07) is 6.30. The van der Waals surface area contributed by atoms with Crippen molar-refractivity contribution in [3.63, 3.8) is 0 Å². The SMILES string of the molecule is CN1CC(c2ncn[nH]2)c2cc(C(=O)NC3CCCC3)ccc21. The van der Waals surface area contributed by atoms with Gasteiger partial charge in [0.2, 0.25) is 0 Å². The lowest BCUT2D eigenvalue weighted by Gasteiger charge is -2.14. The summed E-state index contributed by atoms with van der Waals surface area (Å²) >= 11 is 0. The van der Waals surface area contributed by atoms with Gasteiger partial charge in [-0.15, -0.1) is 0 Å². The fourth-order valence-electron chi connectivity index (χ4n) is 3.75. The summed E-state index contributed by atoms with van der Waals surface area (Å²) in [6.45, 7) is 0.845. The molecule has 2 aromatic rings. The number of anilines is 1. The Balaban J connectivity index is 1.61. The van der Waals surface area contributed by atoms with Crippen LogP contribution < -0.4 is 10.2 Å². The quantitative estimate of drug-likeness (QED) is 0.910. The molecule has 6 nitrogen and oxygen atoms in total. The van der Waals surface area contributed by atoms with E-state index in [-0.39, 0.29) is 11.8 Å². The molecular weight excluding hydrogens is 290 g/mol. The predicted molar refractivity (Wildman–Crippen MR) is 87.7 cm³/mol. The van der Waals surface area contributed by atoms with E-state index >= 15 is 0 Å². The van der Waals surface area contributed by atoms with E-state index in [4.69, 9.17) is 0 Å². The van der Waals surface area contributed by atoms with Gasteiger partial charge in [0, 0.05) is 30.9 Å². The van der Waals surface area contributed by atoms with E-state index in [1.54, 1.807) is 0 Å². The van der Waals surface area contributed by atoms with Gasteiger partial charge < -0.3 is 10.2 Å². The van der Waals surface area contributed by atoms with Crippen LogP contribution in [0.1, 0.15) is 53.3 Å². The first-order valence-corrected chi connectivity index (χ1v) is 8.23. The molecule has 6 heteroatoms. The van der Waals surface area contributed by atoms with E-state index in [1.807, 2.05) is 18.2 Å². The topological polar surface area (TPSA) is 73.9 Å².